The molecule has 2 aromatic heterocycles. The summed E-state index contributed by atoms with van der Waals surface area (Å²) in [4.78, 5) is 16.2. The molecule has 0 bridgehead atoms. The van der Waals surface area contributed by atoms with Gasteiger partial charge in [-0.25, -0.2) is 4.79 Å². The Labute approximate surface area is 135 Å². The van der Waals surface area contributed by atoms with Gasteiger partial charge in [0.15, 0.2) is 5.75 Å². The maximum Gasteiger partial charge on any atom is 0.319 e. The zero-order valence-electron chi connectivity index (χ0n) is 13.3. The SMILES string of the molecule is Cc1cnccc1NC(=O)N[C@@H]1CCC[C@@H]1Oc1cnn(C)c1. The summed E-state index contributed by atoms with van der Waals surface area (Å²) in [6, 6.07) is 1.57. The maximum absolute atomic E-state index is 12.2. The van der Waals surface area contributed by atoms with Crippen molar-refractivity contribution in [3.05, 3.63) is 36.4 Å². The van der Waals surface area contributed by atoms with Crippen molar-refractivity contribution < 1.29 is 9.53 Å². The lowest BCUT2D eigenvalue weighted by Crippen LogP contribution is -2.44. The summed E-state index contributed by atoms with van der Waals surface area (Å²) < 4.78 is 7.65. The first-order chi connectivity index (χ1) is 11.1. The second-order valence-electron chi connectivity index (χ2n) is 5.83. The number of aryl methyl sites for hydroxylation is 2. The van der Waals surface area contributed by atoms with Crippen LogP contribution in [0.2, 0.25) is 0 Å². The zero-order valence-corrected chi connectivity index (χ0v) is 13.3. The highest BCUT2D eigenvalue weighted by molar-refractivity contribution is 5.90. The van der Waals surface area contributed by atoms with Crippen LogP contribution in [-0.4, -0.2) is 32.9 Å². The summed E-state index contributed by atoms with van der Waals surface area (Å²) in [6.45, 7) is 1.91. The molecule has 0 aliphatic heterocycles. The summed E-state index contributed by atoms with van der Waals surface area (Å²) in [5.41, 5.74) is 1.69. The lowest BCUT2D eigenvalue weighted by Gasteiger charge is -2.22. The van der Waals surface area contributed by atoms with E-state index in [0.29, 0.717) is 0 Å². The summed E-state index contributed by atoms with van der Waals surface area (Å²) in [5, 5.41) is 9.97. The molecule has 0 spiro atoms. The Kier molecular flexibility index (Phi) is 4.45. The first-order valence-electron chi connectivity index (χ1n) is 7.75. The topological polar surface area (TPSA) is 81.1 Å². The number of urea groups is 1. The van der Waals surface area contributed by atoms with E-state index in [4.69, 9.17) is 4.74 Å². The van der Waals surface area contributed by atoms with Gasteiger partial charge in [-0.15, -0.1) is 0 Å². The number of aromatic nitrogens is 3. The number of nitrogens with zero attached hydrogens (tertiary/aromatic N) is 3. The van der Waals surface area contributed by atoms with Gasteiger partial charge < -0.3 is 15.4 Å². The van der Waals surface area contributed by atoms with Crippen molar-refractivity contribution in [3.8, 4) is 5.75 Å². The first-order valence-corrected chi connectivity index (χ1v) is 7.75. The zero-order chi connectivity index (χ0) is 16.2. The van der Waals surface area contributed by atoms with E-state index < -0.39 is 0 Å². The molecule has 0 saturated heterocycles. The molecule has 1 fully saturated rings. The van der Waals surface area contributed by atoms with Gasteiger partial charge >= 0.3 is 6.03 Å². The van der Waals surface area contributed by atoms with Gasteiger partial charge in [-0.1, -0.05) is 0 Å². The predicted octanol–water partition coefficient (Wildman–Crippen LogP) is 2.25. The van der Waals surface area contributed by atoms with Crippen molar-refractivity contribution in [1.29, 1.82) is 0 Å². The summed E-state index contributed by atoms with van der Waals surface area (Å²) in [7, 11) is 1.85. The van der Waals surface area contributed by atoms with Crippen LogP contribution in [0, 0.1) is 6.92 Å². The Morgan fingerprint density at radius 3 is 3.00 bits per heavy atom. The Hall–Kier alpha value is -2.57. The fourth-order valence-corrected chi connectivity index (χ4v) is 2.81. The fraction of sp³-hybridized carbons (Fsp3) is 0.438. The Morgan fingerprint density at radius 2 is 2.26 bits per heavy atom. The van der Waals surface area contributed by atoms with Crippen LogP contribution >= 0.6 is 0 Å². The van der Waals surface area contributed by atoms with Crippen LogP contribution < -0.4 is 15.4 Å². The van der Waals surface area contributed by atoms with Crippen LogP contribution in [0.5, 0.6) is 5.75 Å². The number of hydrogen-bond acceptors (Lipinski definition) is 4. The lowest BCUT2D eigenvalue weighted by atomic mass is 10.2. The van der Waals surface area contributed by atoms with Crippen molar-refractivity contribution in [2.75, 3.05) is 5.32 Å². The molecule has 2 N–H and O–H groups in total. The lowest BCUT2D eigenvalue weighted by molar-refractivity contribution is 0.175. The molecule has 1 saturated carbocycles. The fourth-order valence-electron chi connectivity index (χ4n) is 2.81. The number of amides is 2. The van der Waals surface area contributed by atoms with E-state index in [0.717, 1.165) is 36.3 Å². The molecule has 7 nitrogen and oxygen atoms in total. The number of pyridine rings is 1. The minimum absolute atomic E-state index is 0.00245. The highest BCUT2D eigenvalue weighted by Crippen LogP contribution is 2.24. The Bertz CT molecular complexity index is 685. The molecule has 0 aromatic carbocycles. The van der Waals surface area contributed by atoms with E-state index in [1.54, 1.807) is 29.3 Å². The van der Waals surface area contributed by atoms with Crippen molar-refractivity contribution >= 4 is 11.7 Å². The molecular weight excluding hydrogens is 294 g/mol. The number of rotatable bonds is 4. The molecule has 1 aliphatic rings. The summed E-state index contributed by atoms with van der Waals surface area (Å²) >= 11 is 0. The number of nitrogens with one attached hydrogen (secondary N) is 2. The molecule has 2 heterocycles. The van der Waals surface area contributed by atoms with Crippen LogP contribution in [0.1, 0.15) is 24.8 Å². The summed E-state index contributed by atoms with van der Waals surface area (Å²) in [5.74, 6) is 0.733. The van der Waals surface area contributed by atoms with E-state index in [-0.39, 0.29) is 18.2 Å². The monoisotopic (exact) mass is 315 g/mol. The highest BCUT2D eigenvalue weighted by atomic mass is 16.5. The second-order valence-corrected chi connectivity index (χ2v) is 5.83. The molecule has 3 rings (SSSR count). The average molecular weight is 315 g/mol. The minimum atomic E-state index is -0.217. The molecule has 2 aromatic rings. The third kappa shape index (κ3) is 3.80. The van der Waals surface area contributed by atoms with Crippen molar-refractivity contribution in [2.24, 2.45) is 7.05 Å². The van der Waals surface area contributed by atoms with Crippen LogP contribution in [0.15, 0.2) is 30.9 Å². The number of carbonyl (C=O) groups excluding carboxylic acids is 1. The quantitative estimate of drug-likeness (QED) is 0.906. The normalized spacial score (nSPS) is 20.3. The van der Waals surface area contributed by atoms with Gasteiger partial charge in [0.2, 0.25) is 0 Å². The predicted molar refractivity (Wildman–Crippen MR) is 86.4 cm³/mol. The maximum atomic E-state index is 12.2. The summed E-state index contributed by atoms with van der Waals surface area (Å²) in [6.07, 6.45) is 9.74. The van der Waals surface area contributed by atoms with Crippen LogP contribution in [-0.2, 0) is 7.05 Å². The molecule has 1 aliphatic carbocycles. The standard InChI is InChI=1S/C16H21N5O2/c1-11-8-17-7-6-13(11)19-16(22)20-14-4-3-5-15(14)23-12-9-18-21(2)10-12/h6-10,14-15H,3-5H2,1-2H3,(H2,17,19,20,22)/t14-,15+/m1/s1. The number of hydrogen-bond donors (Lipinski definition) is 2. The van der Waals surface area contributed by atoms with Gasteiger partial charge in [-0.2, -0.15) is 5.10 Å². The highest BCUT2D eigenvalue weighted by Gasteiger charge is 2.30. The molecule has 0 unspecified atom stereocenters. The second kappa shape index (κ2) is 6.68. The van der Waals surface area contributed by atoms with E-state index in [1.165, 1.54) is 0 Å². The molecule has 23 heavy (non-hydrogen) atoms. The van der Waals surface area contributed by atoms with Crippen molar-refractivity contribution in [2.45, 2.75) is 38.3 Å². The van der Waals surface area contributed by atoms with Gasteiger partial charge in [-0.05, 0) is 37.8 Å². The molecule has 7 heteroatoms. The average Bonchev–Trinajstić information content (AvgIpc) is 3.11. The van der Waals surface area contributed by atoms with Crippen LogP contribution in [0.3, 0.4) is 0 Å². The van der Waals surface area contributed by atoms with Crippen molar-refractivity contribution in [3.63, 3.8) is 0 Å². The molecule has 0 radical (unpaired) electrons. The Balaban J connectivity index is 1.57. The number of anilines is 1. The van der Waals surface area contributed by atoms with E-state index >= 15 is 0 Å². The third-order valence-electron chi connectivity index (χ3n) is 4.01. The minimum Gasteiger partial charge on any atom is -0.485 e. The number of ether oxygens (including phenoxy) is 1. The van der Waals surface area contributed by atoms with Crippen LogP contribution in [0.4, 0.5) is 10.5 Å². The van der Waals surface area contributed by atoms with Gasteiger partial charge in [0.05, 0.1) is 18.4 Å². The largest absolute Gasteiger partial charge is 0.485 e. The molecule has 122 valence electrons. The van der Waals surface area contributed by atoms with E-state index in [2.05, 4.69) is 20.7 Å². The Morgan fingerprint density at radius 1 is 1.39 bits per heavy atom. The smallest absolute Gasteiger partial charge is 0.319 e. The molecule has 2 amide bonds. The number of carbonyl (C=O) groups is 1. The third-order valence-corrected chi connectivity index (χ3v) is 4.01. The van der Waals surface area contributed by atoms with Crippen LogP contribution in [0.25, 0.3) is 0 Å². The molecular formula is C16H21N5O2. The van der Waals surface area contributed by atoms with Gasteiger partial charge in [0, 0.05) is 25.1 Å². The first kappa shape index (κ1) is 15.3. The van der Waals surface area contributed by atoms with Crippen molar-refractivity contribution in [1.82, 2.24) is 20.1 Å². The molecule has 2 atom stereocenters. The van der Waals surface area contributed by atoms with E-state index in [1.807, 2.05) is 20.2 Å². The van der Waals surface area contributed by atoms with Gasteiger partial charge in [0.25, 0.3) is 0 Å². The van der Waals surface area contributed by atoms with E-state index in [9.17, 15) is 4.79 Å². The van der Waals surface area contributed by atoms with Gasteiger partial charge in [0.1, 0.15) is 6.10 Å². The van der Waals surface area contributed by atoms with Gasteiger partial charge in [-0.3, -0.25) is 9.67 Å².